The Morgan fingerprint density at radius 3 is 2.42 bits per heavy atom. The zero-order valence-electron chi connectivity index (χ0n) is 16.3. The van der Waals surface area contributed by atoms with E-state index in [0.717, 1.165) is 0 Å². The number of furan rings is 1. The average Bonchev–Trinajstić information content (AvgIpc) is 3.45. The van der Waals surface area contributed by atoms with Crippen LogP contribution in [-0.2, 0) is 13.1 Å². The Bertz CT molecular complexity index is 1350. The van der Waals surface area contributed by atoms with Crippen molar-refractivity contribution in [1.82, 2.24) is 19.6 Å². The summed E-state index contributed by atoms with van der Waals surface area (Å²) in [5.41, 5.74) is 0.666. The molecule has 4 aromatic rings. The molecule has 0 aliphatic rings. The first-order valence-corrected chi connectivity index (χ1v) is 11.1. The molecular weight excluding hydrogens is 563 g/mol. The quantitative estimate of drug-likeness (QED) is 0.225. The number of rotatable bonds is 7. The molecule has 0 aliphatic carbocycles. The molecule has 1 N–H and O–H groups in total. The molecule has 0 spiro atoms. The van der Waals surface area contributed by atoms with Crippen LogP contribution >= 0.6 is 50.7 Å². The minimum Gasteiger partial charge on any atom is -0.454 e. The molecule has 0 fully saturated rings. The van der Waals surface area contributed by atoms with Crippen molar-refractivity contribution in [2.75, 3.05) is 5.32 Å². The first-order chi connectivity index (χ1) is 15.7. The summed E-state index contributed by atoms with van der Waals surface area (Å²) in [5, 5.41) is 22.8. The van der Waals surface area contributed by atoms with E-state index in [1.165, 1.54) is 27.8 Å². The maximum atomic E-state index is 12.6. The lowest BCUT2D eigenvalue weighted by molar-refractivity contribution is -0.390. The largest absolute Gasteiger partial charge is 0.454 e. The minimum atomic E-state index is -0.607. The van der Waals surface area contributed by atoms with Gasteiger partial charge in [-0.1, -0.05) is 40.9 Å². The summed E-state index contributed by atoms with van der Waals surface area (Å²) in [6.07, 6.45) is 2.98. The molecule has 1 amide bonds. The fraction of sp³-hybridized carbons (Fsp3) is 0.105. The first-order valence-electron chi connectivity index (χ1n) is 9.14. The van der Waals surface area contributed by atoms with Gasteiger partial charge in [0.25, 0.3) is 5.91 Å². The number of benzene rings is 1. The van der Waals surface area contributed by atoms with Gasteiger partial charge in [0.2, 0.25) is 0 Å². The van der Waals surface area contributed by atoms with E-state index in [1.54, 1.807) is 24.3 Å². The van der Waals surface area contributed by atoms with Gasteiger partial charge in [-0.25, -0.2) is 0 Å². The highest BCUT2D eigenvalue weighted by atomic mass is 79.9. The van der Waals surface area contributed by atoms with Gasteiger partial charge in [-0.05, 0) is 45.1 Å². The average molecular weight is 575 g/mol. The predicted octanol–water partition coefficient (Wildman–Crippen LogP) is 5.65. The molecule has 0 unspecified atom stereocenters. The van der Waals surface area contributed by atoms with Crippen LogP contribution in [-0.4, -0.2) is 30.4 Å². The predicted molar refractivity (Wildman–Crippen MR) is 125 cm³/mol. The second-order valence-corrected chi connectivity index (χ2v) is 8.77. The van der Waals surface area contributed by atoms with E-state index in [1.807, 2.05) is 0 Å². The van der Waals surface area contributed by atoms with Crippen molar-refractivity contribution in [3.8, 4) is 0 Å². The number of nitrogens with zero attached hydrogens (tertiary/aromatic N) is 5. The highest BCUT2D eigenvalue weighted by molar-refractivity contribution is 9.10. The lowest BCUT2D eigenvalue weighted by atomic mass is 10.2. The smallest absolute Gasteiger partial charge is 0.404 e. The molecule has 4 rings (SSSR count). The minimum absolute atomic E-state index is 0.00508. The zero-order valence-corrected chi connectivity index (χ0v) is 20.2. The van der Waals surface area contributed by atoms with Crippen molar-refractivity contribution in [3.63, 3.8) is 0 Å². The van der Waals surface area contributed by atoms with Crippen molar-refractivity contribution >= 4 is 68.3 Å². The van der Waals surface area contributed by atoms with E-state index in [0.29, 0.717) is 21.4 Å². The lowest BCUT2D eigenvalue weighted by Crippen LogP contribution is -2.12. The lowest BCUT2D eigenvalue weighted by Gasteiger charge is -2.06. The molecule has 0 atom stereocenters. The van der Waals surface area contributed by atoms with Gasteiger partial charge in [-0.3, -0.25) is 9.48 Å². The van der Waals surface area contributed by atoms with Gasteiger partial charge in [0.05, 0.1) is 17.8 Å². The molecule has 3 heterocycles. The monoisotopic (exact) mass is 572 g/mol. The fourth-order valence-electron chi connectivity index (χ4n) is 2.91. The van der Waals surface area contributed by atoms with Crippen LogP contribution in [0.4, 0.5) is 11.6 Å². The number of halogens is 4. The Morgan fingerprint density at radius 1 is 1.06 bits per heavy atom. The van der Waals surface area contributed by atoms with Crippen molar-refractivity contribution in [2.24, 2.45) is 0 Å². The second-order valence-electron chi connectivity index (χ2n) is 6.70. The normalized spacial score (nSPS) is 11.0. The SMILES string of the molecule is O=C(Nc1nn(Cc2c(Cl)cccc2Cl)cc1Cl)c1ccc(Cn2cc(Br)c([N+](=O)[O-])n2)o1. The van der Waals surface area contributed by atoms with Gasteiger partial charge in [0, 0.05) is 21.8 Å². The Hall–Kier alpha value is -2.86. The van der Waals surface area contributed by atoms with Gasteiger partial charge in [0.15, 0.2) is 11.6 Å². The third-order valence-electron chi connectivity index (χ3n) is 4.41. The van der Waals surface area contributed by atoms with E-state index in [2.05, 4.69) is 31.4 Å². The number of carbonyl (C=O) groups excluding carboxylic acids is 1. The van der Waals surface area contributed by atoms with Crippen LogP contribution in [0.15, 0.2) is 51.6 Å². The summed E-state index contributed by atoms with van der Waals surface area (Å²) in [7, 11) is 0. The Kier molecular flexibility index (Phi) is 6.75. The summed E-state index contributed by atoms with van der Waals surface area (Å²) in [6, 6.07) is 8.19. The van der Waals surface area contributed by atoms with Gasteiger partial charge >= 0.3 is 5.82 Å². The van der Waals surface area contributed by atoms with E-state index < -0.39 is 10.8 Å². The van der Waals surface area contributed by atoms with E-state index in [9.17, 15) is 14.9 Å². The number of nitro groups is 1. The number of aromatic nitrogens is 4. The van der Waals surface area contributed by atoms with Crippen LogP contribution in [0.2, 0.25) is 15.1 Å². The van der Waals surface area contributed by atoms with E-state index in [-0.39, 0.29) is 40.0 Å². The van der Waals surface area contributed by atoms with Gasteiger partial charge in [-0.2, -0.15) is 9.78 Å². The van der Waals surface area contributed by atoms with Crippen LogP contribution in [0.25, 0.3) is 0 Å². The molecule has 0 saturated heterocycles. The molecule has 0 aliphatic heterocycles. The topological polar surface area (TPSA) is 121 Å². The number of hydrogen-bond acceptors (Lipinski definition) is 6. The molecule has 0 radical (unpaired) electrons. The highest BCUT2D eigenvalue weighted by Gasteiger charge is 2.21. The number of nitrogens with one attached hydrogen (secondary N) is 1. The Labute approximate surface area is 209 Å². The first kappa shape index (κ1) is 23.3. The molecule has 1 aromatic carbocycles. The number of anilines is 1. The highest BCUT2D eigenvalue weighted by Crippen LogP contribution is 2.27. The molecular formula is C19H12BrCl3N6O4. The summed E-state index contributed by atoms with van der Waals surface area (Å²) in [6.45, 7) is 0.345. The zero-order chi connectivity index (χ0) is 23.7. The fourth-order valence-corrected chi connectivity index (χ4v) is 4.09. The second kappa shape index (κ2) is 9.56. The van der Waals surface area contributed by atoms with Gasteiger partial charge < -0.3 is 19.8 Å². The number of amides is 1. The standard InChI is InChI=1S/C19H12BrCl3N6O4/c20-12-8-27(26-18(12)29(31)32)6-10-4-5-16(33-10)19(30)24-17-15(23)9-28(25-17)7-11-13(21)2-1-3-14(11)22/h1-5,8-9H,6-7H2,(H,24,25,30). The number of hydrogen-bond donors (Lipinski definition) is 1. The summed E-state index contributed by atoms with van der Waals surface area (Å²) < 4.78 is 8.59. The van der Waals surface area contributed by atoms with Crippen molar-refractivity contribution < 1.29 is 14.1 Å². The number of carbonyl (C=O) groups is 1. The maximum Gasteiger partial charge on any atom is 0.404 e. The van der Waals surface area contributed by atoms with Crippen LogP contribution in [0.1, 0.15) is 21.9 Å². The summed E-state index contributed by atoms with van der Waals surface area (Å²) in [4.78, 5) is 22.9. The summed E-state index contributed by atoms with van der Waals surface area (Å²) in [5.74, 6) is -0.380. The maximum absolute atomic E-state index is 12.6. The third kappa shape index (κ3) is 5.22. The van der Waals surface area contributed by atoms with Crippen LogP contribution < -0.4 is 5.32 Å². The Morgan fingerprint density at radius 2 is 1.76 bits per heavy atom. The molecule has 14 heteroatoms. The molecule has 170 valence electrons. The van der Waals surface area contributed by atoms with Crippen molar-refractivity contribution in [1.29, 1.82) is 0 Å². The van der Waals surface area contributed by atoms with E-state index in [4.69, 9.17) is 39.2 Å². The molecule has 0 bridgehead atoms. The molecule has 10 nitrogen and oxygen atoms in total. The Balaban J connectivity index is 1.44. The van der Waals surface area contributed by atoms with Crippen LogP contribution in [0.5, 0.6) is 0 Å². The molecule has 33 heavy (non-hydrogen) atoms. The van der Waals surface area contributed by atoms with Gasteiger partial charge in [0.1, 0.15) is 21.8 Å². The van der Waals surface area contributed by atoms with Crippen molar-refractivity contribution in [3.05, 3.63) is 89.5 Å². The van der Waals surface area contributed by atoms with Crippen LogP contribution in [0.3, 0.4) is 0 Å². The van der Waals surface area contributed by atoms with Crippen molar-refractivity contribution in [2.45, 2.75) is 13.1 Å². The van der Waals surface area contributed by atoms with Gasteiger partial charge in [-0.15, -0.1) is 0 Å². The molecule has 3 aromatic heterocycles. The van der Waals surface area contributed by atoms with E-state index >= 15 is 0 Å². The van der Waals surface area contributed by atoms with Crippen LogP contribution in [0, 0.1) is 10.1 Å². The molecule has 0 saturated carbocycles. The summed E-state index contributed by atoms with van der Waals surface area (Å²) >= 11 is 21.7. The third-order valence-corrected chi connectivity index (χ3v) is 5.95.